The fraction of sp³-hybridized carbons (Fsp3) is 0. The van der Waals surface area contributed by atoms with Crippen molar-refractivity contribution in [3.05, 3.63) is 75.8 Å². The first-order valence-corrected chi connectivity index (χ1v) is 6.21. The SMILES string of the molecule is O=C1C(=Cc2ccccc2Cl)C(=O)c2ccccc21. The average molecular weight is 269 g/mol. The molecule has 0 saturated heterocycles. The molecule has 3 rings (SSSR count). The molecule has 1 aliphatic rings. The van der Waals surface area contributed by atoms with E-state index in [9.17, 15) is 9.59 Å². The van der Waals surface area contributed by atoms with Gasteiger partial charge >= 0.3 is 0 Å². The second-order valence-electron chi connectivity index (χ2n) is 4.28. The first-order chi connectivity index (χ1) is 9.18. The van der Waals surface area contributed by atoms with Gasteiger partial charge in [0, 0.05) is 16.1 Å². The topological polar surface area (TPSA) is 34.1 Å². The fourth-order valence-electron chi connectivity index (χ4n) is 2.15. The lowest BCUT2D eigenvalue weighted by Crippen LogP contribution is -2.00. The molecule has 0 unspecified atom stereocenters. The first kappa shape index (κ1) is 11.9. The average Bonchev–Trinajstić information content (AvgIpc) is 2.67. The van der Waals surface area contributed by atoms with Crippen molar-refractivity contribution in [3.63, 3.8) is 0 Å². The zero-order chi connectivity index (χ0) is 13.4. The van der Waals surface area contributed by atoms with Crippen LogP contribution in [0, 0.1) is 0 Å². The third-order valence-electron chi connectivity index (χ3n) is 3.11. The Morgan fingerprint density at radius 2 is 1.32 bits per heavy atom. The van der Waals surface area contributed by atoms with Crippen LogP contribution in [-0.2, 0) is 0 Å². The number of allylic oxidation sites excluding steroid dienone is 1. The summed E-state index contributed by atoms with van der Waals surface area (Å²) >= 11 is 6.04. The van der Waals surface area contributed by atoms with E-state index in [4.69, 9.17) is 11.6 Å². The van der Waals surface area contributed by atoms with E-state index in [-0.39, 0.29) is 17.1 Å². The number of hydrogen-bond donors (Lipinski definition) is 0. The highest BCUT2D eigenvalue weighted by atomic mass is 35.5. The Morgan fingerprint density at radius 1 is 0.789 bits per heavy atom. The van der Waals surface area contributed by atoms with Crippen LogP contribution in [-0.4, -0.2) is 11.6 Å². The Kier molecular flexibility index (Phi) is 2.80. The molecule has 0 N–H and O–H groups in total. The van der Waals surface area contributed by atoms with Crippen LogP contribution in [0.15, 0.2) is 54.1 Å². The molecule has 0 fully saturated rings. The van der Waals surface area contributed by atoms with E-state index in [0.29, 0.717) is 21.7 Å². The van der Waals surface area contributed by atoms with E-state index in [1.807, 2.05) is 6.07 Å². The van der Waals surface area contributed by atoms with Crippen molar-refractivity contribution in [1.29, 1.82) is 0 Å². The summed E-state index contributed by atoms with van der Waals surface area (Å²) in [5.74, 6) is -0.471. The normalized spacial score (nSPS) is 13.6. The minimum Gasteiger partial charge on any atom is -0.288 e. The Bertz CT molecular complexity index is 692. The predicted octanol–water partition coefficient (Wildman–Crippen LogP) is 3.80. The molecule has 2 nitrogen and oxygen atoms in total. The molecule has 0 atom stereocenters. The Hall–Kier alpha value is -2.19. The smallest absolute Gasteiger partial charge is 0.197 e. The molecule has 92 valence electrons. The zero-order valence-electron chi connectivity index (χ0n) is 9.89. The maximum absolute atomic E-state index is 12.2. The van der Waals surface area contributed by atoms with Crippen molar-refractivity contribution in [2.75, 3.05) is 0 Å². The zero-order valence-corrected chi connectivity index (χ0v) is 10.6. The van der Waals surface area contributed by atoms with Crippen molar-refractivity contribution in [1.82, 2.24) is 0 Å². The predicted molar refractivity (Wildman–Crippen MR) is 74.5 cm³/mol. The number of benzene rings is 2. The van der Waals surface area contributed by atoms with Gasteiger partial charge in [-0.1, -0.05) is 54.1 Å². The summed E-state index contributed by atoms with van der Waals surface area (Å²) in [6.07, 6.45) is 1.56. The van der Waals surface area contributed by atoms with Crippen LogP contribution in [0.2, 0.25) is 5.02 Å². The summed E-state index contributed by atoms with van der Waals surface area (Å²) in [6, 6.07) is 14.0. The van der Waals surface area contributed by atoms with Crippen LogP contribution in [0.3, 0.4) is 0 Å². The lowest BCUT2D eigenvalue weighted by molar-refractivity contribution is 0.0990. The van der Waals surface area contributed by atoms with Gasteiger partial charge in [-0.05, 0) is 17.7 Å². The Morgan fingerprint density at radius 3 is 1.89 bits per heavy atom. The molecular formula is C16H9ClO2. The molecule has 0 heterocycles. The molecule has 0 bridgehead atoms. The first-order valence-electron chi connectivity index (χ1n) is 5.83. The van der Waals surface area contributed by atoms with Gasteiger partial charge in [0.15, 0.2) is 11.6 Å². The van der Waals surface area contributed by atoms with Crippen LogP contribution in [0.5, 0.6) is 0 Å². The van der Waals surface area contributed by atoms with E-state index >= 15 is 0 Å². The lowest BCUT2D eigenvalue weighted by atomic mass is 10.1. The van der Waals surface area contributed by atoms with Gasteiger partial charge in [0.2, 0.25) is 0 Å². The third kappa shape index (κ3) is 1.90. The molecule has 0 aliphatic heterocycles. The molecule has 0 amide bonds. The largest absolute Gasteiger partial charge is 0.288 e. The molecule has 0 spiro atoms. The molecule has 2 aromatic carbocycles. The minimum atomic E-state index is -0.236. The highest BCUT2D eigenvalue weighted by Gasteiger charge is 2.32. The Labute approximate surface area is 115 Å². The summed E-state index contributed by atoms with van der Waals surface area (Å²) in [4.78, 5) is 24.4. The van der Waals surface area contributed by atoms with E-state index in [1.54, 1.807) is 48.5 Å². The quantitative estimate of drug-likeness (QED) is 0.582. The van der Waals surface area contributed by atoms with Gasteiger partial charge in [0.05, 0.1) is 5.57 Å². The van der Waals surface area contributed by atoms with Gasteiger partial charge in [0.25, 0.3) is 0 Å². The van der Waals surface area contributed by atoms with Crippen molar-refractivity contribution in [2.45, 2.75) is 0 Å². The van der Waals surface area contributed by atoms with Gasteiger partial charge in [-0.15, -0.1) is 0 Å². The minimum absolute atomic E-state index is 0.175. The van der Waals surface area contributed by atoms with E-state index < -0.39 is 0 Å². The van der Waals surface area contributed by atoms with Crippen LogP contribution in [0.4, 0.5) is 0 Å². The van der Waals surface area contributed by atoms with Gasteiger partial charge in [-0.2, -0.15) is 0 Å². The number of fused-ring (bicyclic) bond motifs is 1. The van der Waals surface area contributed by atoms with Crippen molar-refractivity contribution in [3.8, 4) is 0 Å². The molecule has 0 aromatic heterocycles. The molecule has 1 aliphatic carbocycles. The van der Waals surface area contributed by atoms with Crippen LogP contribution in [0.25, 0.3) is 6.08 Å². The molecule has 0 radical (unpaired) electrons. The number of carbonyl (C=O) groups is 2. The Balaban J connectivity index is 2.13. The van der Waals surface area contributed by atoms with Crippen molar-refractivity contribution in [2.24, 2.45) is 0 Å². The molecule has 3 heteroatoms. The van der Waals surface area contributed by atoms with E-state index in [0.717, 1.165) is 0 Å². The van der Waals surface area contributed by atoms with Crippen LogP contribution in [0.1, 0.15) is 26.3 Å². The van der Waals surface area contributed by atoms with E-state index in [1.165, 1.54) is 0 Å². The number of Topliss-reactive ketones (excluding diaryl/α,β-unsaturated/α-hetero) is 2. The van der Waals surface area contributed by atoms with Crippen molar-refractivity contribution >= 4 is 29.2 Å². The van der Waals surface area contributed by atoms with Gasteiger partial charge < -0.3 is 0 Å². The lowest BCUT2D eigenvalue weighted by Gasteiger charge is -1.98. The highest BCUT2D eigenvalue weighted by Crippen LogP contribution is 2.29. The standard InChI is InChI=1S/C16H9ClO2/c17-14-8-4-1-5-10(14)9-13-15(18)11-6-2-3-7-12(11)16(13)19/h1-9H. The van der Waals surface area contributed by atoms with Gasteiger partial charge in [0.1, 0.15) is 0 Å². The van der Waals surface area contributed by atoms with Crippen molar-refractivity contribution < 1.29 is 9.59 Å². The summed E-state index contributed by atoms with van der Waals surface area (Å²) in [7, 11) is 0. The number of carbonyl (C=O) groups excluding carboxylic acids is 2. The molecule has 2 aromatic rings. The molecule has 0 saturated carbocycles. The summed E-state index contributed by atoms with van der Waals surface area (Å²) in [5.41, 5.74) is 1.78. The summed E-state index contributed by atoms with van der Waals surface area (Å²) < 4.78 is 0. The van der Waals surface area contributed by atoms with Crippen LogP contribution >= 0.6 is 11.6 Å². The number of hydrogen-bond acceptors (Lipinski definition) is 2. The number of halogens is 1. The van der Waals surface area contributed by atoms with E-state index in [2.05, 4.69) is 0 Å². The second-order valence-corrected chi connectivity index (χ2v) is 4.69. The maximum atomic E-state index is 12.2. The summed E-state index contributed by atoms with van der Waals surface area (Å²) in [5, 5.41) is 0.520. The number of ketones is 2. The maximum Gasteiger partial charge on any atom is 0.197 e. The summed E-state index contributed by atoms with van der Waals surface area (Å²) in [6.45, 7) is 0. The van der Waals surface area contributed by atoms with Gasteiger partial charge in [-0.3, -0.25) is 9.59 Å². The second kappa shape index (κ2) is 4.48. The third-order valence-corrected chi connectivity index (χ3v) is 3.45. The van der Waals surface area contributed by atoms with Crippen LogP contribution < -0.4 is 0 Å². The molecule has 19 heavy (non-hydrogen) atoms. The molecular weight excluding hydrogens is 260 g/mol. The number of rotatable bonds is 1. The monoisotopic (exact) mass is 268 g/mol. The highest BCUT2D eigenvalue weighted by molar-refractivity contribution is 6.41. The fourth-order valence-corrected chi connectivity index (χ4v) is 2.34. The van der Waals surface area contributed by atoms with Gasteiger partial charge in [-0.25, -0.2) is 0 Å².